The van der Waals surface area contributed by atoms with Crippen molar-refractivity contribution < 1.29 is 4.74 Å². The third-order valence-corrected chi connectivity index (χ3v) is 4.83. The highest BCUT2D eigenvalue weighted by atomic mass is 16.5. The summed E-state index contributed by atoms with van der Waals surface area (Å²) < 4.78 is 7.85. The van der Waals surface area contributed by atoms with Crippen LogP contribution in [-0.4, -0.2) is 29.8 Å². The molecule has 4 heteroatoms. The normalized spacial score (nSPS) is 19.9. The molecule has 0 radical (unpaired) electrons. The summed E-state index contributed by atoms with van der Waals surface area (Å²) in [6, 6.07) is 0. The summed E-state index contributed by atoms with van der Waals surface area (Å²) in [5.74, 6) is 1.31. The lowest BCUT2D eigenvalue weighted by molar-refractivity contribution is 0.166. The van der Waals surface area contributed by atoms with Gasteiger partial charge in [0.2, 0.25) is 0 Å². The van der Waals surface area contributed by atoms with Gasteiger partial charge in [-0.25, -0.2) is 4.98 Å². The number of aryl methyl sites for hydroxylation is 1. The van der Waals surface area contributed by atoms with Crippen molar-refractivity contribution in [3.63, 3.8) is 0 Å². The number of hydrogen-bond acceptors (Lipinski definition) is 3. The summed E-state index contributed by atoms with van der Waals surface area (Å²) in [5, 5.41) is 3.44. The Morgan fingerprint density at radius 3 is 2.95 bits per heavy atom. The molecule has 2 aliphatic rings. The monoisotopic (exact) mass is 277 g/mol. The number of nitrogens with zero attached hydrogens (tertiary/aromatic N) is 2. The minimum absolute atomic E-state index is 0.498. The summed E-state index contributed by atoms with van der Waals surface area (Å²) in [4.78, 5) is 4.90. The zero-order chi connectivity index (χ0) is 14.0. The van der Waals surface area contributed by atoms with Crippen molar-refractivity contribution in [3.05, 3.63) is 17.2 Å². The average molecular weight is 277 g/mol. The molecule has 0 atom stereocenters. The van der Waals surface area contributed by atoms with Crippen molar-refractivity contribution in [2.24, 2.45) is 5.41 Å². The third kappa shape index (κ3) is 2.77. The quantitative estimate of drug-likeness (QED) is 0.831. The topological polar surface area (TPSA) is 39.1 Å². The zero-order valence-corrected chi connectivity index (χ0v) is 12.9. The van der Waals surface area contributed by atoms with E-state index in [1.807, 2.05) is 7.11 Å². The molecule has 1 aliphatic heterocycles. The smallest absolute Gasteiger partial charge is 0.109 e. The Morgan fingerprint density at radius 2 is 2.25 bits per heavy atom. The highest BCUT2D eigenvalue weighted by Crippen LogP contribution is 2.50. The molecule has 0 saturated heterocycles. The van der Waals surface area contributed by atoms with Gasteiger partial charge in [0.1, 0.15) is 5.82 Å². The van der Waals surface area contributed by atoms with Gasteiger partial charge in [-0.1, -0.05) is 6.92 Å². The second-order valence-corrected chi connectivity index (χ2v) is 6.43. The summed E-state index contributed by atoms with van der Waals surface area (Å²) in [6.45, 7) is 6.34. The van der Waals surface area contributed by atoms with Crippen LogP contribution in [0.4, 0.5) is 0 Å². The van der Waals surface area contributed by atoms with E-state index < -0.39 is 0 Å². The average Bonchev–Trinajstić information content (AvgIpc) is 3.15. The SMILES string of the molecule is CCCc1nc2c(n1CC1(CCOC)CC1)CCNC2. The molecule has 0 unspecified atom stereocenters. The molecular formula is C16H27N3O. The Labute approximate surface area is 121 Å². The third-order valence-electron chi connectivity index (χ3n) is 4.83. The van der Waals surface area contributed by atoms with Crippen molar-refractivity contribution >= 4 is 0 Å². The maximum atomic E-state index is 5.29. The maximum Gasteiger partial charge on any atom is 0.109 e. The van der Waals surface area contributed by atoms with Crippen LogP contribution < -0.4 is 5.32 Å². The van der Waals surface area contributed by atoms with Gasteiger partial charge in [0.25, 0.3) is 0 Å². The van der Waals surface area contributed by atoms with E-state index in [4.69, 9.17) is 9.72 Å². The lowest BCUT2D eigenvalue weighted by Gasteiger charge is -2.21. The lowest BCUT2D eigenvalue weighted by atomic mass is 10.0. The minimum atomic E-state index is 0.498. The first kappa shape index (κ1) is 14.1. The first-order valence-electron chi connectivity index (χ1n) is 8.05. The van der Waals surface area contributed by atoms with Gasteiger partial charge in [-0.3, -0.25) is 0 Å². The van der Waals surface area contributed by atoms with Gasteiger partial charge in [-0.15, -0.1) is 0 Å². The molecule has 0 amide bonds. The van der Waals surface area contributed by atoms with Gasteiger partial charge in [-0.2, -0.15) is 0 Å². The van der Waals surface area contributed by atoms with Crippen molar-refractivity contribution in [2.45, 2.75) is 58.5 Å². The molecule has 0 bridgehead atoms. The Hall–Kier alpha value is -0.870. The van der Waals surface area contributed by atoms with E-state index in [1.165, 1.54) is 42.9 Å². The summed E-state index contributed by atoms with van der Waals surface area (Å²) in [7, 11) is 1.81. The first-order valence-corrected chi connectivity index (χ1v) is 8.05. The van der Waals surface area contributed by atoms with Crippen LogP contribution in [0.15, 0.2) is 0 Å². The highest BCUT2D eigenvalue weighted by molar-refractivity contribution is 5.21. The van der Waals surface area contributed by atoms with Crippen LogP contribution in [0, 0.1) is 5.41 Å². The Kier molecular flexibility index (Phi) is 4.13. The number of aromatic nitrogens is 2. The molecule has 4 nitrogen and oxygen atoms in total. The fraction of sp³-hybridized carbons (Fsp3) is 0.812. The van der Waals surface area contributed by atoms with Gasteiger partial charge < -0.3 is 14.6 Å². The van der Waals surface area contributed by atoms with E-state index in [9.17, 15) is 0 Å². The van der Waals surface area contributed by atoms with Crippen molar-refractivity contribution in [2.75, 3.05) is 20.3 Å². The van der Waals surface area contributed by atoms with Crippen LogP contribution in [0.25, 0.3) is 0 Å². The Balaban J connectivity index is 1.82. The molecule has 1 aliphatic carbocycles. The molecule has 1 saturated carbocycles. The van der Waals surface area contributed by atoms with E-state index in [0.717, 1.165) is 39.1 Å². The van der Waals surface area contributed by atoms with Gasteiger partial charge in [0.05, 0.1) is 5.69 Å². The van der Waals surface area contributed by atoms with Gasteiger partial charge in [-0.05, 0) is 31.1 Å². The second-order valence-electron chi connectivity index (χ2n) is 6.43. The number of ether oxygens (including phenoxy) is 1. The Bertz CT molecular complexity index is 463. The number of hydrogen-bond donors (Lipinski definition) is 1. The summed E-state index contributed by atoms with van der Waals surface area (Å²) >= 11 is 0. The van der Waals surface area contributed by atoms with Gasteiger partial charge >= 0.3 is 0 Å². The van der Waals surface area contributed by atoms with E-state index in [2.05, 4.69) is 16.8 Å². The van der Waals surface area contributed by atoms with Crippen LogP contribution in [0.1, 0.15) is 49.8 Å². The molecule has 1 N–H and O–H groups in total. The zero-order valence-electron chi connectivity index (χ0n) is 12.9. The van der Waals surface area contributed by atoms with Crippen LogP contribution in [0.5, 0.6) is 0 Å². The van der Waals surface area contributed by atoms with Crippen molar-refractivity contribution in [1.29, 1.82) is 0 Å². The van der Waals surface area contributed by atoms with E-state index in [0.29, 0.717) is 5.41 Å². The predicted octanol–water partition coefficient (Wildman–Crippen LogP) is 2.30. The molecule has 20 heavy (non-hydrogen) atoms. The molecule has 0 spiro atoms. The molecule has 1 aromatic heterocycles. The number of nitrogens with one attached hydrogen (secondary N) is 1. The fourth-order valence-corrected chi connectivity index (χ4v) is 3.35. The van der Waals surface area contributed by atoms with Crippen LogP contribution in [-0.2, 0) is 30.7 Å². The molecule has 112 valence electrons. The predicted molar refractivity (Wildman–Crippen MR) is 79.8 cm³/mol. The molecule has 1 fully saturated rings. The largest absolute Gasteiger partial charge is 0.385 e. The molecule has 1 aromatic rings. The molecule has 0 aromatic carbocycles. The molecule has 3 rings (SSSR count). The number of imidazole rings is 1. The van der Waals surface area contributed by atoms with E-state index in [1.54, 1.807) is 0 Å². The summed E-state index contributed by atoms with van der Waals surface area (Å²) in [5.41, 5.74) is 3.29. The fourth-order valence-electron chi connectivity index (χ4n) is 3.35. The number of rotatable bonds is 7. The van der Waals surface area contributed by atoms with Crippen molar-refractivity contribution in [3.8, 4) is 0 Å². The van der Waals surface area contributed by atoms with E-state index >= 15 is 0 Å². The first-order chi connectivity index (χ1) is 9.78. The highest BCUT2D eigenvalue weighted by Gasteiger charge is 2.43. The molecule has 2 heterocycles. The number of methoxy groups -OCH3 is 1. The van der Waals surface area contributed by atoms with Gasteiger partial charge in [0.15, 0.2) is 0 Å². The Morgan fingerprint density at radius 1 is 1.40 bits per heavy atom. The lowest BCUT2D eigenvalue weighted by Crippen LogP contribution is -2.26. The van der Waals surface area contributed by atoms with Crippen LogP contribution in [0.3, 0.4) is 0 Å². The van der Waals surface area contributed by atoms with Crippen molar-refractivity contribution in [1.82, 2.24) is 14.9 Å². The van der Waals surface area contributed by atoms with E-state index in [-0.39, 0.29) is 0 Å². The number of fused-ring (bicyclic) bond motifs is 1. The summed E-state index contributed by atoms with van der Waals surface area (Å²) in [6.07, 6.45) is 7.31. The second kappa shape index (κ2) is 5.86. The maximum absolute atomic E-state index is 5.29. The van der Waals surface area contributed by atoms with Crippen LogP contribution >= 0.6 is 0 Å². The van der Waals surface area contributed by atoms with Gasteiger partial charge in [0, 0.05) is 51.9 Å². The minimum Gasteiger partial charge on any atom is -0.385 e. The standard InChI is InChI=1S/C16H27N3O/c1-3-4-15-18-13-11-17-9-5-14(13)19(15)12-16(6-7-16)8-10-20-2/h17H,3-12H2,1-2H3. The van der Waals surface area contributed by atoms with Crippen LogP contribution in [0.2, 0.25) is 0 Å². The molecular weight excluding hydrogens is 250 g/mol.